The summed E-state index contributed by atoms with van der Waals surface area (Å²) in [7, 11) is 21.9. The van der Waals surface area contributed by atoms with Gasteiger partial charge in [0.15, 0.2) is 46.0 Å². The molecule has 0 saturated carbocycles. The molecule has 20 heteroatoms. The quantitative estimate of drug-likeness (QED) is 0.0434. The first kappa shape index (κ1) is 60.7. The lowest BCUT2D eigenvalue weighted by molar-refractivity contribution is -0.941. The molecular formula is C54H71Cl3N2O15. The lowest BCUT2D eigenvalue weighted by atomic mass is 9.85. The first-order chi connectivity index (χ1) is 34.6. The molecule has 17 nitrogen and oxygen atoms in total. The lowest BCUT2D eigenvalue weighted by Gasteiger charge is -2.46. The average Bonchev–Trinajstić information content (AvgIpc) is 3.39. The maximum atomic E-state index is 13.2. The smallest absolute Gasteiger partial charge is 0.350 e. The summed E-state index contributed by atoms with van der Waals surface area (Å²) in [5.41, 5.74) is 6.18. The largest absolute Gasteiger partial charge is 1.00 e. The first-order valence-corrected chi connectivity index (χ1v) is 24.1. The Hall–Kier alpha value is -5.85. The van der Waals surface area contributed by atoms with Gasteiger partial charge in [-0.25, -0.2) is 9.59 Å². The molecule has 0 bridgehead atoms. The van der Waals surface area contributed by atoms with E-state index in [1.165, 1.54) is 0 Å². The summed E-state index contributed by atoms with van der Waals surface area (Å²) in [5.74, 6) is 4.53. The molecule has 0 spiro atoms. The van der Waals surface area contributed by atoms with Crippen LogP contribution in [0.1, 0.15) is 58.3 Å². The Balaban J connectivity index is 0.00000593. The molecule has 2 aliphatic heterocycles. The van der Waals surface area contributed by atoms with Crippen molar-refractivity contribution in [3.8, 4) is 63.2 Å². The maximum Gasteiger partial charge on any atom is 0.350 e. The number of carbonyl (C=O) groups excluding carboxylic acids is 2. The summed E-state index contributed by atoms with van der Waals surface area (Å²) in [6.45, 7) is 2.93. The molecule has 2 heterocycles. The minimum atomic E-state index is -0.821. The predicted octanol–water partition coefficient (Wildman–Crippen LogP) is 1.86. The van der Waals surface area contributed by atoms with Crippen LogP contribution in [0, 0.1) is 0 Å². The molecule has 0 N–H and O–H groups in total. The van der Waals surface area contributed by atoms with Crippen LogP contribution < -0.4 is 76.9 Å². The number of benzene rings is 4. The molecular weight excluding hydrogens is 1020 g/mol. The summed E-state index contributed by atoms with van der Waals surface area (Å²) in [5, 5.41) is -0.378. The molecule has 4 atom stereocenters. The number of rotatable bonds is 24. The maximum absolute atomic E-state index is 13.2. The van der Waals surface area contributed by atoms with Gasteiger partial charge in [-0.05, 0) is 59.2 Å². The number of halogens is 3. The SMILES string of the molecule is COc1cc2c(cc1OC)[C@@H](c1cc(OC)c(OC)c(OC)c1)[N@+](C)(CCCOC(=O)/C=C(\Cl)C(=O)OCCC[N@@+]1(C)CCc3cc(OC)c(OC)c(OC)c3[C@@H]1Cc1cc(OC)c(OC)c(OC)c1)CC2.[Cl-].[Cl-]. The monoisotopic (exact) mass is 1090 g/mol. The van der Waals surface area contributed by atoms with E-state index in [4.69, 9.17) is 73.2 Å². The van der Waals surface area contributed by atoms with E-state index in [0.717, 1.165) is 65.4 Å². The van der Waals surface area contributed by atoms with Crippen LogP contribution in [0.2, 0.25) is 0 Å². The van der Waals surface area contributed by atoms with E-state index in [2.05, 4.69) is 14.1 Å². The van der Waals surface area contributed by atoms with Gasteiger partial charge < -0.3 is 95.4 Å². The zero-order valence-electron chi connectivity index (χ0n) is 44.7. The van der Waals surface area contributed by atoms with Gasteiger partial charge in [0.1, 0.15) is 17.1 Å². The number of nitrogens with zero attached hydrogens (tertiary/aromatic N) is 2. The van der Waals surface area contributed by atoms with Crippen molar-refractivity contribution in [1.29, 1.82) is 0 Å². The summed E-state index contributed by atoms with van der Waals surface area (Å²) < 4.78 is 75.7. The third-order valence-electron chi connectivity index (χ3n) is 14.1. The van der Waals surface area contributed by atoms with Crippen LogP contribution >= 0.6 is 11.6 Å². The van der Waals surface area contributed by atoms with Gasteiger partial charge in [0.25, 0.3) is 0 Å². The zero-order chi connectivity index (χ0) is 52.3. The molecule has 0 aromatic heterocycles. The third-order valence-corrected chi connectivity index (χ3v) is 14.4. The second-order valence-corrected chi connectivity index (χ2v) is 18.5. The molecule has 408 valence electrons. The van der Waals surface area contributed by atoms with Crippen molar-refractivity contribution < 1.29 is 105 Å². The minimum absolute atomic E-state index is 0. The van der Waals surface area contributed by atoms with Crippen molar-refractivity contribution in [2.45, 2.75) is 44.2 Å². The van der Waals surface area contributed by atoms with Gasteiger partial charge >= 0.3 is 11.9 Å². The van der Waals surface area contributed by atoms with Crippen molar-refractivity contribution >= 4 is 23.5 Å². The van der Waals surface area contributed by atoms with E-state index in [0.29, 0.717) is 105 Å². The highest BCUT2D eigenvalue weighted by Gasteiger charge is 2.44. The van der Waals surface area contributed by atoms with Crippen molar-refractivity contribution in [1.82, 2.24) is 0 Å². The van der Waals surface area contributed by atoms with Gasteiger partial charge in [0.2, 0.25) is 17.2 Å². The molecule has 6 rings (SSSR count). The minimum Gasteiger partial charge on any atom is -1.00 e. The van der Waals surface area contributed by atoms with Crippen molar-refractivity contribution in [2.24, 2.45) is 0 Å². The van der Waals surface area contributed by atoms with Crippen molar-refractivity contribution in [3.63, 3.8) is 0 Å². The highest BCUT2D eigenvalue weighted by molar-refractivity contribution is 6.42. The molecule has 2 aliphatic rings. The number of quaternary nitrogens is 2. The normalized spacial score (nSPS) is 18.6. The fourth-order valence-corrected chi connectivity index (χ4v) is 10.6. The van der Waals surface area contributed by atoms with Crippen LogP contribution in [0.4, 0.5) is 0 Å². The fraction of sp³-hybridized carbons (Fsp3) is 0.481. The highest BCUT2D eigenvalue weighted by atomic mass is 35.5. The van der Waals surface area contributed by atoms with Gasteiger partial charge in [-0.1, -0.05) is 11.6 Å². The van der Waals surface area contributed by atoms with Gasteiger partial charge in [-0.3, -0.25) is 0 Å². The van der Waals surface area contributed by atoms with Crippen molar-refractivity contribution in [2.75, 3.05) is 132 Å². The van der Waals surface area contributed by atoms with E-state index >= 15 is 0 Å². The number of hydrogen-bond acceptors (Lipinski definition) is 15. The van der Waals surface area contributed by atoms with E-state index in [9.17, 15) is 9.59 Å². The number of hydrogen-bond donors (Lipinski definition) is 0. The molecule has 0 fully saturated rings. The van der Waals surface area contributed by atoms with Crippen LogP contribution in [-0.4, -0.2) is 153 Å². The second-order valence-electron chi connectivity index (χ2n) is 18.1. The Labute approximate surface area is 452 Å². The van der Waals surface area contributed by atoms with Crippen LogP contribution in [-0.2, 0) is 38.3 Å². The number of fused-ring (bicyclic) bond motifs is 2. The molecule has 4 aromatic rings. The summed E-state index contributed by atoms with van der Waals surface area (Å²) in [6, 6.07) is 13.6. The Morgan fingerprint density at radius 1 is 0.541 bits per heavy atom. The van der Waals surface area contributed by atoms with Crippen molar-refractivity contribution in [3.05, 3.63) is 87.0 Å². The molecule has 0 unspecified atom stereocenters. The van der Waals surface area contributed by atoms with E-state index in [1.54, 1.807) is 78.2 Å². The number of carbonyl (C=O) groups is 2. The topological polar surface area (TPSA) is 154 Å². The molecule has 4 aromatic carbocycles. The number of likely N-dealkylation sites (N-methyl/N-ethyl adjacent to an activating group) is 2. The van der Waals surface area contributed by atoms with Gasteiger partial charge in [-0.2, -0.15) is 0 Å². The van der Waals surface area contributed by atoms with Crippen LogP contribution in [0.5, 0.6) is 63.2 Å². The molecule has 74 heavy (non-hydrogen) atoms. The van der Waals surface area contributed by atoms with Crippen LogP contribution in [0.15, 0.2) is 53.6 Å². The fourth-order valence-electron chi connectivity index (χ4n) is 10.5. The molecule has 0 radical (unpaired) electrons. The lowest BCUT2D eigenvalue weighted by Crippen LogP contribution is -3.00. The van der Waals surface area contributed by atoms with E-state index in [1.807, 2.05) is 42.5 Å². The predicted molar refractivity (Wildman–Crippen MR) is 270 cm³/mol. The summed E-state index contributed by atoms with van der Waals surface area (Å²) in [4.78, 5) is 26.3. The number of esters is 2. The van der Waals surface area contributed by atoms with E-state index < -0.39 is 11.9 Å². The van der Waals surface area contributed by atoms with Gasteiger partial charge in [0.05, 0.1) is 137 Å². The van der Waals surface area contributed by atoms with Gasteiger partial charge in [0, 0.05) is 49.3 Å². The Morgan fingerprint density at radius 3 is 1.51 bits per heavy atom. The van der Waals surface area contributed by atoms with Crippen LogP contribution in [0.3, 0.4) is 0 Å². The third kappa shape index (κ3) is 12.8. The summed E-state index contributed by atoms with van der Waals surface area (Å²) >= 11 is 6.38. The number of ether oxygens (including phenoxy) is 13. The molecule has 0 amide bonds. The first-order valence-electron chi connectivity index (χ1n) is 23.7. The van der Waals surface area contributed by atoms with Crippen LogP contribution in [0.25, 0.3) is 0 Å². The standard InChI is InChI=1S/C54H71ClN2O15.2ClH/c1-56(20-17-35-28-46(66-9)52(69-12)53(70-13)48(35)39(56)24-33-25-42(62-5)50(67-10)43(26-33)63-6)18-14-23-72-54(59)38(55)32-47(58)71-22-15-19-57(2)21-16-34-27-40(60-3)41(61-4)31-37(34)49(57)36-29-44(64-7)51(68-11)45(30-36)65-8;;/h25-32,39,49H,14-24H2,1-13H3;2*1H/q+2;;/p-2/b38-32-;;/t39-,49+,56-,57+;;/m0../s1. The average molecular weight is 1090 g/mol. The Morgan fingerprint density at radius 2 is 0.986 bits per heavy atom. The Kier molecular flexibility index (Phi) is 22.2. The van der Waals surface area contributed by atoms with E-state index in [-0.39, 0.29) is 55.1 Å². The summed E-state index contributed by atoms with van der Waals surface area (Å²) in [6.07, 6.45) is 4.03. The highest BCUT2D eigenvalue weighted by Crippen LogP contribution is 2.52. The number of methoxy groups -OCH3 is 11. The molecule has 0 aliphatic carbocycles. The zero-order valence-corrected chi connectivity index (χ0v) is 47.0. The Bertz CT molecular complexity index is 2560. The second kappa shape index (κ2) is 27.1. The van der Waals surface area contributed by atoms with Gasteiger partial charge in [-0.15, -0.1) is 0 Å². The molecule has 0 saturated heterocycles.